The first-order valence-electron chi connectivity index (χ1n) is 10.7. The SMILES string of the molecule is COc1ccc(C2OCC3O[C@@H]4C/C=C\COC(C4n4cc(C)c(=O)[nH]c4=O)[C@@H]3O2)cc1. The standard InChI is InChI=1S/C23H26N2O7/c1-13-11-25(23(27)24-21(13)26)18-16-5-3-4-10-29-20(18)19-17(31-16)12-30-22(32-19)14-6-8-15(28-2)9-7-14/h3-4,6-9,11,16-20,22H,5,10,12H2,1-2H3,(H,24,26,27)/b4-3-/t16-,17?,18?,19-,20?,22?/m1/s1. The molecule has 0 spiro atoms. The van der Waals surface area contributed by atoms with Crippen LogP contribution in [0.4, 0.5) is 0 Å². The van der Waals surface area contributed by atoms with Gasteiger partial charge in [-0.2, -0.15) is 0 Å². The number of hydrogen-bond donors (Lipinski definition) is 1. The lowest BCUT2D eigenvalue weighted by Crippen LogP contribution is -2.61. The van der Waals surface area contributed by atoms with Crippen molar-refractivity contribution in [3.05, 3.63) is 74.6 Å². The molecule has 2 saturated heterocycles. The van der Waals surface area contributed by atoms with Crippen LogP contribution >= 0.6 is 0 Å². The second kappa shape index (κ2) is 8.67. The molecule has 4 heterocycles. The van der Waals surface area contributed by atoms with Crippen molar-refractivity contribution >= 4 is 0 Å². The second-order valence-corrected chi connectivity index (χ2v) is 8.23. The van der Waals surface area contributed by atoms with E-state index in [-0.39, 0.29) is 12.2 Å². The first-order valence-corrected chi connectivity index (χ1v) is 10.7. The summed E-state index contributed by atoms with van der Waals surface area (Å²) >= 11 is 0. The molecule has 5 rings (SSSR count). The van der Waals surface area contributed by atoms with E-state index in [1.807, 2.05) is 36.4 Å². The summed E-state index contributed by atoms with van der Waals surface area (Å²) in [6, 6.07) is 7.03. The minimum Gasteiger partial charge on any atom is -0.497 e. The summed E-state index contributed by atoms with van der Waals surface area (Å²) in [6.45, 7) is 2.40. The van der Waals surface area contributed by atoms with Crippen LogP contribution in [0, 0.1) is 6.92 Å². The van der Waals surface area contributed by atoms with E-state index in [1.165, 1.54) is 4.57 Å². The minimum absolute atomic E-state index is 0.328. The number of fused-ring (bicyclic) bond motifs is 4. The van der Waals surface area contributed by atoms with E-state index in [1.54, 1.807) is 20.2 Å². The number of nitrogens with one attached hydrogen (secondary N) is 1. The third-order valence-corrected chi connectivity index (χ3v) is 6.22. The molecular formula is C23H26N2O7. The number of aryl methyl sites for hydroxylation is 1. The molecule has 1 N–H and O–H groups in total. The molecule has 1 aromatic carbocycles. The van der Waals surface area contributed by atoms with Gasteiger partial charge in [0.2, 0.25) is 0 Å². The molecule has 0 amide bonds. The van der Waals surface area contributed by atoms with Gasteiger partial charge < -0.3 is 23.7 Å². The summed E-state index contributed by atoms with van der Waals surface area (Å²) in [5, 5.41) is 0. The van der Waals surface area contributed by atoms with Gasteiger partial charge >= 0.3 is 5.69 Å². The molecule has 9 heteroatoms. The predicted molar refractivity (Wildman–Crippen MR) is 114 cm³/mol. The molecule has 3 aliphatic heterocycles. The first kappa shape index (κ1) is 21.1. The Kier molecular flexibility index (Phi) is 5.73. The molecule has 2 aromatic rings. The van der Waals surface area contributed by atoms with E-state index in [4.69, 9.17) is 23.7 Å². The molecular weight excluding hydrogens is 416 g/mol. The maximum absolute atomic E-state index is 12.7. The smallest absolute Gasteiger partial charge is 0.328 e. The third kappa shape index (κ3) is 3.81. The molecule has 32 heavy (non-hydrogen) atoms. The molecule has 2 bridgehead atoms. The second-order valence-electron chi connectivity index (χ2n) is 8.23. The number of H-pyrrole nitrogens is 1. The average molecular weight is 442 g/mol. The summed E-state index contributed by atoms with van der Waals surface area (Å²) < 4.78 is 31.6. The molecule has 9 nitrogen and oxygen atoms in total. The quantitative estimate of drug-likeness (QED) is 0.721. The van der Waals surface area contributed by atoms with Crippen LogP contribution in [0.3, 0.4) is 0 Å². The Morgan fingerprint density at radius 1 is 1.03 bits per heavy atom. The van der Waals surface area contributed by atoms with Gasteiger partial charge in [0, 0.05) is 17.3 Å². The van der Waals surface area contributed by atoms with E-state index in [0.717, 1.165) is 11.3 Å². The van der Waals surface area contributed by atoms with Crippen molar-refractivity contribution in [3.8, 4) is 5.75 Å². The van der Waals surface area contributed by atoms with Gasteiger partial charge in [-0.05, 0) is 25.5 Å². The van der Waals surface area contributed by atoms with Crippen LogP contribution in [0.25, 0.3) is 0 Å². The van der Waals surface area contributed by atoms with Crippen molar-refractivity contribution in [1.29, 1.82) is 0 Å². The zero-order valence-electron chi connectivity index (χ0n) is 17.9. The first-order chi connectivity index (χ1) is 15.5. The molecule has 0 radical (unpaired) electrons. The molecule has 170 valence electrons. The predicted octanol–water partition coefficient (Wildman–Crippen LogP) is 1.62. The lowest BCUT2D eigenvalue weighted by atomic mass is 9.89. The van der Waals surface area contributed by atoms with Crippen LogP contribution in [-0.2, 0) is 18.9 Å². The van der Waals surface area contributed by atoms with Crippen LogP contribution in [0.1, 0.15) is 29.9 Å². The summed E-state index contributed by atoms with van der Waals surface area (Å²) in [5.41, 5.74) is 0.407. The molecule has 4 unspecified atom stereocenters. The number of nitrogens with zero attached hydrogens (tertiary/aromatic N) is 1. The Bertz CT molecular complexity index is 1110. The summed E-state index contributed by atoms with van der Waals surface area (Å²) in [7, 11) is 1.62. The topological polar surface area (TPSA) is 101 Å². The number of rotatable bonds is 3. The minimum atomic E-state index is -0.596. The fourth-order valence-electron chi connectivity index (χ4n) is 4.60. The van der Waals surface area contributed by atoms with E-state index in [2.05, 4.69) is 4.98 Å². The molecule has 3 aliphatic rings. The maximum atomic E-state index is 12.7. The number of aromatic nitrogens is 2. The number of ether oxygens (including phenoxy) is 5. The highest BCUT2D eigenvalue weighted by Gasteiger charge is 2.51. The summed E-state index contributed by atoms with van der Waals surface area (Å²) in [5.74, 6) is 0.745. The van der Waals surface area contributed by atoms with Crippen LogP contribution in [-0.4, -0.2) is 54.3 Å². The van der Waals surface area contributed by atoms with Gasteiger partial charge in [0.15, 0.2) is 6.29 Å². The van der Waals surface area contributed by atoms with Gasteiger partial charge in [-0.3, -0.25) is 14.3 Å². The highest BCUT2D eigenvalue weighted by Crippen LogP contribution is 2.41. The number of hydrogen-bond acceptors (Lipinski definition) is 7. The Hall–Kier alpha value is -2.72. The Balaban J connectivity index is 1.49. The Morgan fingerprint density at radius 3 is 2.62 bits per heavy atom. The van der Waals surface area contributed by atoms with Crippen molar-refractivity contribution in [3.63, 3.8) is 0 Å². The molecule has 2 fully saturated rings. The molecule has 6 atom stereocenters. The van der Waals surface area contributed by atoms with E-state index >= 15 is 0 Å². The van der Waals surface area contributed by atoms with Crippen LogP contribution in [0.2, 0.25) is 0 Å². The zero-order chi connectivity index (χ0) is 22.2. The van der Waals surface area contributed by atoms with Crippen molar-refractivity contribution in [1.82, 2.24) is 9.55 Å². The third-order valence-electron chi connectivity index (χ3n) is 6.22. The van der Waals surface area contributed by atoms with Crippen LogP contribution in [0.5, 0.6) is 5.75 Å². The highest BCUT2D eigenvalue weighted by molar-refractivity contribution is 5.28. The monoisotopic (exact) mass is 442 g/mol. The van der Waals surface area contributed by atoms with Crippen LogP contribution < -0.4 is 16.0 Å². The van der Waals surface area contributed by atoms with Crippen molar-refractivity contribution < 1.29 is 23.7 Å². The van der Waals surface area contributed by atoms with Gasteiger partial charge in [-0.1, -0.05) is 24.3 Å². The van der Waals surface area contributed by atoms with E-state index < -0.39 is 35.8 Å². The van der Waals surface area contributed by atoms with E-state index in [9.17, 15) is 9.59 Å². The largest absolute Gasteiger partial charge is 0.497 e. The van der Waals surface area contributed by atoms with Gasteiger partial charge in [0.1, 0.15) is 24.1 Å². The van der Waals surface area contributed by atoms with Gasteiger partial charge in [-0.15, -0.1) is 0 Å². The van der Waals surface area contributed by atoms with Gasteiger partial charge in [-0.25, -0.2) is 4.79 Å². The molecule has 0 saturated carbocycles. The fraction of sp³-hybridized carbons (Fsp3) is 0.478. The van der Waals surface area contributed by atoms with Crippen molar-refractivity contribution in [2.24, 2.45) is 0 Å². The van der Waals surface area contributed by atoms with Crippen molar-refractivity contribution in [2.75, 3.05) is 20.3 Å². The van der Waals surface area contributed by atoms with Gasteiger partial charge in [0.25, 0.3) is 5.56 Å². The highest BCUT2D eigenvalue weighted by atomic mass is 16.7. The van der Waals surface area contributed by atoms with Gasteiger partial charge in [0.05, 0.1) is 32.5 Å². The maximum Gasteiger partial charge on any atom is 0.328 e. The van der Waals surface area contributed by atoms with Crippen molar-refractivity contribution in [2.45, 2.75) is 50.1 Å². The molecule has 0 aliphatic carbocycles. The Labute approximate surface area is 184 Å². The Morgan fingerprint density at radius 2 is 1.84 bits per heavy atom. The average Bonchev–Trinajstić information content (AvgIpc) is 2.80. The molecule has 1 aromatic heterocycles. The van der Waals surface area contributed by atoms with Crippen LogP contribution in [0.15, 0.2) is 52.2 Å². The number of aromatic amines is 1. The summed E-state index contributed by atoms with van der Waals surface area (Å²) in [6.07, 6.45) is 3.95. The lowest BCUT2D eigenvalue weighted by molar-refractivity contribution is -0.324. The number of benzene rings is 1. The normalized spacial score (nSPS) is 32.9. The number of methoxy groups -OCH3 is 1. The summed E-state index contributed by atoms with van der Waals surface area (Å²) in [4.78, 5) is 27.0. The lowest BCUT2D eigenvalue weighted by Gasteiger charge is -2.50. The zero-order valence-corrected chi connectivity index (χ0v) is 17.9. The van der Waals surface area contributed by atoms with E-state index in [0.29, 0.717) is 25.2 Å². The fourth-order valence-corrected chi connectivity index (χ4v) is 4.60.